The van der Waals surface area contributed by atoms with Crippen LogP contribution in [0.25, 0.3) is 0 Å². The van der Waals surface area contributed by atoms with Gasteiger partial charge in [0.05, 0.1) is 12.1 Å². The summed E-state index contributed by atoms with van der Waals surface area (Å²) in [6.45, 7) is 30.4. The Bertz CT molecular complexity index is 1130. The summed E-state index contributed by atoms with van der Waals surface area (Å²) in [7, 11) is 0. The fourth-order valence-electron chi connectivity index (χ4n) is 5.82. The zero-order chi connectivity index (χ0) is 37.7. The van der Waals surface area contributed by atoms with Gasteiger partial charge in [0.1, 0.15) is 11.6 Å². The van der Waals surface area contributed by atoms with Crippen molar-refractivity contribution in [3.8, 4) is 0 Å². The largest absolute Gasteiger partial charge is 0.330 e. The highest BCUT2D eigenvalue weighted by atomic mass is 16.1. The van der Waals surface area contributed by atoms with E-state index in [9.17, 15) is 19.2 Å². The van der Waals surface area contributed by atoms with Crippen molar-refractivity contribution in [3.05, 3.63) is 35.9 Å². The highest BCUT2D eigenvalue weighted by Crippen LogP contribution is 2.27. The van der Waals surface area contributed by atoms with E-state index in [0.29, 0.717) is 25.8 Å². The number of hydrogen-bond donors (Lipinski definition) is 3. The van der Waals surface area contributed by atoms with Crippen LogP contribution in [0, 0.1) is 28.6 Å². The molecule has 4 atom stereocenters. The van der Waals surface area contributed by atoms with Crippen LogP contribution in [0.1, 0.15) is 149 Å². The summed E-state index contributed by atoms with van der Waals surface area (Å²) in [6.07, 6.45) is 3.74. The first-order valence-electron chi connectivity index (χ1n) is 18.1. The predicted octanol–water partition coefficient (Wildman–Crippen LogP) is 8.55. The number of benzene rings is 1. The Hall–Kier alpha value is -2.22. The molecule has 4 unspecified atom stereocenters. The maximum absolute atomic E-state index is 13.3. The molecule has 0 radical (unpaired) electrons. The van der Waals surface area contributed by atoms with E-state index in [2.05, 4.69) is 52.2 Å². The van der Waals surface area contributed by atoms with Gasteiger partial charge in [-0.15, -0.1) is 0 Å². The lowest BCUT2D eigenvalue weighted by atomic mass is 9.78. The summed E-state index contributed by atoms with van der Waals surface area (Å²) in [5.41, 5.74) is 5.62. The van der Waals surface area contributed by atoms with E-state index in [0.717, 1.165) is 24.8 Å². The Kier molecular flexibility index (Phi) is 21.2. The van der Waals surface area contributed by atoms with Gasteiger partial charge in [0.25, 0.3) is 0 Å². The number of nitrogens with two attached hydrogens (primary N) is 1. The number of rotatable bonds is 17. The molecule has 0 aliphatic heterocycles. The predicted molar refractivity (Wildman–Crippen MR) is 209 cm³/mol. The second kappa shape index (κ2) is 21.2. The minimum absolute atomic E-state index is 0. The van der Waals surface area contributed by atoms with Crippen molar-refractivity contribution in [3.63, 3.8) is 0 Å². The highest BCUT2D eigenvalue weighted by molar-refractivity contribution is 5.93. The quantitative estimate of drug-likeness (QED) is 0.141. The van der Waals surface area contributed by atoms with Crippen LogP contribution in [-0.4, -0.2) is 52.8 Å². The van der Waals surface area contributed by atoms with E-state index in [1.54, 1.807) is 0 Å². The van der Waals surface area contributed by atoms with Crippen molar-refractivity contribution in [2.45, 2.75) is 173 Å². The molecule has 0 saturated heterocycles. The smallest absolute Gasteiger partial charge is 0.150 e. The lowest BCUT2D eigenvalue weighted by Gasteiger charge is -2.31. The van der Waals surface area contributed by atoms with Crippen molar-refractivity contribution in [2.75, 3.05) is 6.54 Å². The van der Waals surface area contributed by atoms with Gasteiger partial charge in [-0.1, -0.05) is 106 Å². The molecular weight excluding hydrogens is 610 g/mol. The molecule has 0 aromatic heterocycles. The monoisotopic (exact) mass is 688 g/mol. The molecule has 4 N–H and O–H groups in total. The summed E-state index contributed by atoms with van der Waals surface area (Å²) in [6, 6.07) is 9.57. The maximum Gasteiger partial charge on any atom is 0.150 e. The third-order valence-corrected chi connectivity index (χ3v) is 8.14. The van der Waals surface area contributed by atoms with Gasteiger partial charge >= 0.3 is 0 Å². The zero-order valence-electron chi connectivity index (χ0n) is 33.4. The molecular formula is C42H77N3O4. The SMILES string of the molecule is C.CC(C)(C)NC(Cc1ccccc1)C(=O)CC(CCCCN)C(=O)C(C)(C)C.CC(CC(=O)C(NC(C)(C)C)C(C)C)C(=O)C(C)(C)C. The minimum Gasteiger partial charge on any atom is -0.330 e. The lowest BCUT2D eigenvalue weighted by Crippen LogP contribution is -2.51. The number of hydrogen-bond acceptors (Lipinski definition) is 7. The van der Waals surface area contributed by atoms with E-state index in [-0.39, 0.29) is 76.9 Å². The van der Waals surface area contributed by atoms with E-state index in [1.807, 2.05) is 92.6 Å². The average Bonchev–Trinajstić information content (AvgIpc) is 2.92. The van der Waals surface area contributed by atoms with Crippen molar-refractivity contribution >= 4 is 23.1 Å². The van der Waals surface area contributed by atoms with E-state index < -0.39 is 5.41 Å². The van der Waals surface area contributed by atoms with Crippen molar-refractivity contribution < 1.29 is 19.2 Å². The molecule has 0 spiro atoms. The fourth-order valence-corrected chi connectivity index (χ4v) is 5.82. The molecule has 0 amide bonds. The molecule has 7 nitrogen and oxygen atoms in total. The Morgan fingerprint density at radius 1 is 0.673 bits per heavy atom. The van der Waals surface area contributed by atoms with Crippen LogP contribution in [-0.2, 0) is 25.6 Å². The molecule has 1 aromatic rings. The van der Waals surface area contributed by atoms with Crippen LogP contribution in [0.5, 0.6) is 0 Å². The summed E-state index contributed by atoms with van der Waals surface area (Å²) in [4.78, 5) is 50.9. The number of carbonyl (C=O) groups is 4. The third-order valence-electron chi connectivity index (χ3n) is 8.14. The summed E-state index contributed by atoms with van der Waals surface area (Å²) in [5.74, 6) is 0.355. The molecule has 0 aliphatic rings. The van der Waals surface area contributed by atoms with Crippen LogP contribution in [0.4, 0.5) is 0 Å². The van der Waals surface area contributed by atoms with Crippen LogP contribution in [0.15, 0.2) is 30.3 Å². The molecule has 284 valence electrons. The van der Waals surface area contributed by atoms with Crippen LogP contribution < -0.4 is 16.4 Å². The van der Waals surface area contributed by atoms with E-state index in [4.69, 9.17) is 5.73 Å². The average molecular weight is 688 g/mol. The Morgan fingerprint density at radius 3 is 1.57 bits per heavy atom. The Balaban J connectivity index is 0. The number of unbranched alkanes of at least 4 members (excludes halogenated alkanes) is 1. The molecule has 0 heterocycles. The van der Waals surface area contributed by atoms with Crippen LogP contribution in [0.3, 0.4) is 0 Å². The zero-order valence-corrected chi connectivity index (χ0v) is 33.4. The number of Topliss-reactive ketones (excluding diaryl/α,β-unsaturated/α-hetero) is 4. The van der Waals surface area contributed by atoms with Gasteiger partial charge in [0.15, 0.2) is 11.6 Å². The molecule has 49 heavy (non-hydrogen) atoms. The minimum atomic E-state index is -0.444. The third kappa shape index (κ3) is 20.9. The standard InChI is InChI=1S/C24H40N2O2.C17H33NO2.CH4/c1-23(2,3)22(28)19(14-10-11-15-25)17-21(27)20(26-24(4,5)6)16-18-12-8-7-9-13-18;1-11(2)14(18-17(7,8)9)13(19)10-12(3)15(20)16(4,5)6;/h7-9,12-13,19-20,26H,10-11,14-17,25H2,1-6H3;11-12,14,18H,10H2,1-9H3;1H4. The van der Waals surface area contributed by atoms with Crippen molar-refractivity contribution in [1.82, 2.24) is 10.6 Å². The fraction of sp³-hybridized carbons (Fsp3) is 0.762. The number of ketones is 4. The molecule has 0 aliphatic carbocycles. The Labute approximate surface area is 302 Å². The summed E-state index contributed by atoms with van der Waals surface area (Å²) < 4.78 is 0. The first-order chi connectivity index (χ1) is 21.7. The highest BCUT2D eigenvalue weighted by Gasteiger charge is 2.34. The van der Waals surface area contributed by atoms with Gasteiger partial charge in [0, 0.05) is 46.6 Å². The van der Waals surface area contributed by atoms with E-state index in [1.165, 1.54) is 0 Å². The second-order valence-corrected chi connectivity index (χ2v) is 18.2. The normalized spacial score (nSPS) is 14.9. The molecule has 0 saturated carbocycles. The van der Waals surface area contributed by atoms with E-state index >= 15 is 0 Å². The van der Waals surface area contributed by atoms with Gasteiger partial charge in [-0.2, -0.15) is 0 Å². The number of carbonyl (C=O) groups excluding carboxylic acids is 4. The van der Waals surface area contributed by atoms with Gasteiger partial charge in [-0.3, -0.25) is 19.2 Å². The second-order valence-electron chi connectivity index (χ2n) is 18.2. The van der Waals surface area contributed by atoms with Gasteiger partial charge in [0.2, 0.25) is 0 Å². The summed E-state index contributed by atoms with van der Waals surface area (Å²) >= 11 is 0. The number of nitrogens with one attached hydrogen (secondary N) is 2. The first-order valence-corrected chi connectivity index (χ1v) is 18.1. The molecule has 1 rings (SSSR count). The van der Waals surface area contributed by atoms with Gasteiger partial charge in [-0.05, 0) is 78.8 Å². The van der Waals surface area contributed by atoms with Crippen LogP contribution in [0.2, 0.25) is 0 Å². The topological polar surface area (TPSA) is 118 Å². The molecule has 1 aromatic carbocycles. The Morgan fingerprint density at radius 2 is 1.16 bits per heavy atom. The first kappa shape index (κ1) is 48.9. The lowest BCUT2D eigenvalue weighted by molar-refractivity contribution is -0.134. The van der Waals surface area contributed by atoms with Crippen LogP contribution >= 0.6 is 0 Å². The van der Waals surface area contributed by atoms with Gasteiger partial charge in [-0.25, -0.2) is 0 Å². The molecule has 0 fully saturated rings. The van der Waals surface area contributed by atoms with Gasteiger partial charge < -0.3 is 16.4 Å². The summed E-state index contributed by atoms with van der Waals surface area (Å²) in [5, 5.41) is 6.85. The van der Waals surface area contributed by atoms with Crippen molar-refractivity contribution in [1.29, 1.82) is 0 Å². The van der Waals surface area contributed by atoms with Crippen molar-refractivity contribution in [2.24, 2.45) is 34.3 Å². The molecule has 0 bridgehead atoms. The maximum atomic E-state index is 13.3. The molecule has 7 heteroatoms.